The highest BCUT2D eigenvalue weighted by Gasteiger charge is 2.31. The van der Waals surface area contributed by atoms with Crippen molar-refractivity contribution in [2.45, 2.75) is 76.2 Å². The number of aliphatic hydroxyl groups excluding tert-OH is 1. The van der Waals surface area contributed by atoms with E-state index in [1.54, 1.807) is 0 Å². The first-order chi connectivity index (χ1) is 8.35. The summed E-state index contributed by atoms with van der Waals surface area (Å²) < 4.78 is 0. The summed E-state index contributed by atoms with van der Waals surface area (Å²) in [7, 11) is 0. The molecule has 0 heterocycles. The molecule has 2 saturated carbocycles. The lowest BCUT2D eigenvalue weighted by molar-refractivity contribution is 0.115. The van der Waals surface area contributed by atoms with E-state index in [1.165, 1.54) is 70.6 Å². The van der Waals surface area contributed by atoms with Crippen LogP contribution in [0.2, 0.25) is 0 Å². The van der Waals surface area contributed by atoms with Gasteiger partial charge in [-0.1, -0.05) is 44.9 Å². The van der Waals surface area contributed by atoms with Crippen LogP contribution < -0.4 is 5.32 Å². The van der Waals surface area contributed by atoms with Crippen molar-refractivity contribution in [3.63, 3.8) is 0 Å². The Morgan fingerprint density at radius 2 is 1.47 bits per heavy atom. The van der Waals surface area contributed by atoms with Crippen molar-refractivity contribution in [2.75, 3.05) is 13.2 Å². The first-order valence-electron chi connectivity index (χ1n) is 7.71. The van der Waals surface area contributed by atoms with E-state index in [2.05, 4.69) is 5.32 Å². The van der Waals surface area contributed by atoms with Crippen molar-refractivity contribution in [1.29, 1.82) is 0 Å². The molecule has 0 amide bonds. The summed E-state index contributed by atoms with van der Waals surface area (Å²) in [5.41, 5.74) is 0.0740. The van der Waals surface area contributed by atoms with Crippen LogP contribution in [0.3, 0.4) is 0 Å². The van der Waals surface area contributed by atoms with E-state index in [1.807, 2.05) is 0 Å². The number of rotatable bonds is 4. The zero-order chi connectivity index (χ0) is 12.0. The van der Waals surface area contributed by atoms with E-state index in [9.17, 15) is 5.11 Å². The summed E-state index contributed by atoms with van der Waals surface area (Å²) >= 11 is 0. The van der Waals surface area contributed by atoms with Gasteiger partial charge in [-0.05, 0) is 38.1 Å². The average Bonchev–Trinajstić information content (AvgIpc) is 2.66. The van der Waals surface area contributed by atoms with Gasteiger partial charge in [-0.15, -0.1) is 0 Å². The van der Waals surface area contributed by atoms with Crippen LogP contribution in [0.15, 0.2) is 0 Å². The van der Waals surface area contributed by atoms with Crippen LogP contribution >= 0.6 is 0 Å². The molecule has 0 spiro atoms. The quantitative estimate of drug-likeness (QED) is 0.738. The van der Waals surface area contributed by atoms with Gasteiger partial charge < -0.3 is 10.4 Å². The van der Waals surface area contributed by atoms with Crippen molar-refractivity contribution >= 4 is 0 Å². The zero-order valence-electron chi connectivity index (χ0n) is 11.2. The fourth-order valence-corrected chi connectivity index (χ4v) is 3.55. The maximum Gasteiger partial charge on any atom is 0.0613 e. The smallest absolute Gasteiger partial charge is 0.0613 e. The van der Waals surface area contributed by atoms with E-state index < -0.39 is 0 Å². The van der Waals surface area contributed by atoms with E-state index in [4.69, 9.17) is 0 Å². The van der Waals surface area contributed by atoms with Gasteiger partial charge in [-0.3, -0.25) is 0 Å². The number of hydrogen-bond donors (Lipinski definition) is 2. The molecular weight excluding hydrogens is 210 g/mol. The molecule has 2 heteroatoms. The van der Waals surface area contributed by atoms with E-state index in [0.717, 1.165) is 12.5 Å². The summed E-state index contributed by atoms with van der Waals surface area (Å²) in [6.45, 7) is 1.47. The lowest BCUT2D eigenvalue weighted by Gasteiger charge is -2.38. The maximum absolute atomic E-state index is 9.66. The van der Waals surface area contributed by atoms with E-state index >= 15 is 0 Å². The molecule has 2 aliphatic carbocycles. The van der Waals surface area contributed by atoms with Crippen LogP contribution in [0.1, 0.15) is 70.6 Å². The normalized spacial score (nSPS) is 26.6. The highest BCUT2D eigenvalue weighted by atomic mass is 16.3. The van der Waals surface area contributed by atoms with Crippen molar-refractivity contribution in [2.24, 2.45) is 5.92 Å². The molecule has 0 aromatic heterocycles. The zero-order valence-corrected chi connectivity index (χ0v) is 11.2. The molecule has 2 nitrogen and oxygen atoms in total. The van der Waals surface area contributed by atoms with Crippen LogP contribution in [0.25, 0.3) is 0 Å². The number of nitrogens with one attached hydrogen (secondary N) is 1. The fraction of sp³-hybridized carbons (Fsp3) is 1.00. The molecule has 0 aliphatic heterocycles. The lowest BCUT2D eigenvalue weighted by Crippen LogP contribution is -2.51. The van der Waals surface area contributed by atoms with Crippen LogP contribution in [0.4, 0.5) is 0 Å². The third kappa shape index (κ3) is 3.96. The van der Waals surface area contributed by atoms with Crippen LogP contribution in [-0.2, 0) is 0 Å². The van der Waals surface area contributed by atoms with Crippen molar-refractivity contribution in [3.8, 4) is 0 Å². The lowest BCUT2D eigenvalue weighted by atomic mass is 9.81. The number of hydrogen-bond acceptors (Lipinski definition) is 2. The molecule has 0 aromatic rings. The van der Waals surface area contributed by atoms with Crippen molar-refractivity contribution in [3.05, 3.63) is 0 Å². The van der Waals surface area contributed by atoms with Gasteiger partial charge in [-0.2, -0.15) is 0 Å². The molecule has 0 aromatic carbocycles. The molecule has 0 radical (unpaired) electrons. The molecular formula is C15H29NO. The second-order valence-corrected chi connectivity index (χ2v) is 6.24. The van der Waals surface area contributed by atoms with Gasteiger partial charge in [0.1, 0.15) is 0 Å². The topological polar surface area (TPSA) is 32.3 Å². The van der Waals surface area contributed by atoms with Gasteiger partial charge in [0.15, 0.2) is 0 Å². The average molecular weight is 239 g/mol. The van der Waals surface area contributed by atoms with E-state index in [0.29, 0.717) is 6.61 Å². The first-order valence-corrected chi connectivity index (χ1v) is 7.71. The third-order valence-corrected chi connectivity index (χ3v) is 4.85. The Kier molecular flexibility index (Phi) is 5.30. The van der Waals surface area contributed by atoms with Gasteiger partial charge in [0.25, 0.3) is 0 Å². The van der Waals surface area contributed by atoms with Gasteiger partial charge in [-0.25, -0.2) is 0 Å². The molecule has 2 rings (SSSR count). The summed E-state index contributed by atoms with van der Waals surface area (Å²) in [4.78, 5) is 0. The maximum atomic E-state index is 9.66. The Morgan fingerprint density at radius 3 is 2.06 bits per heavy atom. The minimum atomic E-state index is 0.0740. The molecule has 100 valence electrons. The minimum absolute atomic E-state index is 0.0740. The van der Waals surface area contributed by atoms with Crippen molar-refractivity contribution in [1.82, 2.24) is 5.32 Å². The summed E-state index contributed by atoms with van der Waals surface area (Å²) in [5, 5.41) is 13.4. The minimum Gasteiger partial charge on any atom is -0.394 e. The van der Waals surface area contributed by atoms with Crippen LogP contribution in [-0.4, -0.2) is 23.8 Å². The Balaban J connectivity index is 1.77. The highest BCUT2D eigenvalue weighted by Crippen LogP contribution is 2.29. The first kappa shape index (κ1) is 13.4. The predicted octanol–water partition coefficient (Wildman–Crippen LogP) is 3.24. The molecule has 0 bridgehead atoms. The Morgan fingerprint density at radius 1 is 0.882 bits per heavy atom. The molecule has 0 unspecified atom stereocenters. The number of aliphatic hydroxyl groups is 1. The molecule has 2 fully saturated rings. The summed E-state index contributed by atoms with van der Waals surface area (Å²) in [6.07, 6.45) is 14.8. The molecule has 0 saturated heterocycles. The van der Waals surface area contributed by atoms with Gasteiger partial charge >= 0.3 is 0 Å². The molecule has 0 atom stereocenters. The van der Waals surface area contributed by atoms with Crippen LogP contribution in [0.5, 0.6) is 0 Å². The predicted molar refractivity (Wildman–Crippen MR) is 72.1 cm³/mol. The van der Waals surface area contributed by atoms with Gasteiger partial charge in [0.05, 0.1) is 6.61 Å². The Hall–Kier alpha value is -0.0800. The fourth-order valence-electron chi connectivity index (χ4n) is 3.55. The Labute approximate surface area is 106 Å². The summed E-state index contributed by atoms with van der Waals surface area (Å²) in [6, 6.07) is 0. The van der Waals surface area contributed by atoms with Crippen molar-refractivity contribution < 1.29 is 5.11 Å². The highest BCUT2D eigenvalue weighted by molar-refractivity contribution is 4.90. The van der Waals surface area contributed by atoms with Gasteiger partial charge in [0, 0.05) is 5.54 Å². The third-order valence-electron chi connectivity index (χ3n) is 4.85. The standard InChI is InChI=1S/C15H29NO/c17-13-15(10-6-3-7-11-15)16-12-14-8-4-1-2-5-9-14/h14,16-17H,1-13H2. The monoisotopic (exact) mass is 239 g/mol. The van der Waals surface area contributed by atoms with Crippen LogP contribution in [0, 0.1) is 5.92 Å². The van der Waals surface area contributed by atoms with Gasteiger partial charge in [0.2, 0.25) is 0 Å². The Bertz CT molecular complexity index is 203. The van der Waals surface area contributed by atoms with E-state index in [-0.39, 0.29) is 5.54 Å². The second-order valence-electron chi connectivity index (χ2n) is 6.24. The molecule has 17 heavy (non-hydrogen) atoms. The largest absolute Gasteiger partial charge is 0.394 e. The molecule has 2 N–H and O–H groups in total. The summed E-state index contributed by atoms with van der Waals surface area (Å²) in [5.74, 6) is 0.864. The second kappa shape index (κ2) is 6.75. The SMILES string of the molecule is OCC1(NCC2CCCCCC2)CCCCC1. The molecule has 2 aliphatic rings.